The Morgan fingerprint density at radius 1 is 1.15 bits per heavy atom. The van der Waals surface area contributed by atoms with Crippen LogP contribution in [0.15, 0.2) is 65.9 Å². The Bertz CT molecular complexity index is 995. The van der Waals surface area contributed by atoms with E-state index >= 15 is 0 Å². The summed E-state index contributed by atoms with van der Waals surface area (Å²) >= 11 is 0. The van der Waals surface area contributed by atoms with Gasteiger partial charge in [-0.25, -0.2) is 0 Å². The number of allylic oxidation sites excluding steroid dienone is 1. The van der Waals surface area contributed by atoms with Crippen molar-refractivity contribution in [3.63, 3.8) is 0 Å². The van der Waals surface area contributed by atoms with Crippen LogP contribution in [0.5, 0.6) is 5.75 Å². The van der Waals surface area contributed by atoms with Crippen molar-refractivity contribution in [3.8, 4) is 5.75 Å². The van der Waals surface area contributed by atoms with Gasteiger partial charge in [0.25, 0.3) is 5.91 Å². The molecule has 0 saturated carbocycles. The minimum Gasteiger partial charge on any atom is -0.497 e. The van der Waals surface area contributed by atoms with Crippen LogP contribution in [0.2, 0.25) is 0 Å². The van der Waals surface area contributed by atoms with E-state index in [1.807, 2.05) is 37.3 Å². The van der Waals surface area contributed by atoms with Crippen LogP contribution in [0, 0.1) is 0 Å². The van der Waals surface area contributed by atoms with Gasteiger partial charge in [0, 0.05) is 11.4 Å². The van der Waals surface area contributed by atoms with Crippen LogP contribution in [0.4, 0.5) is 11.6 Å². The first-order valence-corrected chi connectivity index (χ1v) is 8.43. The van der Waals surface area contributed by atoms with Gasteiger partial charge >= 0.3 is 0 Å². The number of rotatable bonds is 4. The number of carbonyl (C=O) groups is 1. The monoisotopic (exact) mass is 362 g/mol. The lowest BCUT2D eigenvalue weighted by atomic mass is 9.95. The number of methoxy groups -OCH3 is 1. The van der Waals surface area contributed by atoms with Gasteiger partial charge in [0.05, 0.1) is 12.7 Å². The molecule has 1 aromatic heterocycles. The highest BCUT2D eigenvalue weighted by Gasteiger charge is 2.33. The second kappa shape index (κ2) is 6.91. The van der Waals surface area contributed by atoms with Crippen molar-refractivity contribution in [2.75, 3.05) is 17.7 Å². The van der Waals surface area contributed by atoms with E-state index in [1.165, 1.54) is 0 Å². The molecule has 2 heterocycles. The van der Waals surface area contributed by atoms with E-state index < -0.39 is 6.04 Å². The smallest absolute Gasteiger partial charge is 0.255 e. The number of hydrogen-bond acceptors (Lipinski definition) is 6. The molecule has 1 atom stereocenters. The Morgan fingerprint density at radius 2 is 1.89 bits per heavy atom. The summed E-state index contributed by atoms with van der Waals surface area (Å²) in [7, 11) is 1.60. The van der Waals surface area contributed by atoms with E-state index in [2.05, 4.69) is 26.2 Å². The van der Waals surface area contributed by atoms with Crippen molar-refractivity contribution in [1.29, 1.82) is 0 Å². The lowest BCUT2D eigenvalue weighted by molar-refractivity contribution is -0.113. The Labute approximate surface area is 155 Å². The summed E-state index contributed by atoms with van der Waals surface area (Å²) in [6, 6.07) is 16.4. The van der Waals surface area contributed by atoms with Gasteiger partial charge in [-0.2, -0.15) is 4.68 Å². The van der Waals surface area contributed by atoms with Crippen LogP contribution in [0.1, 0.15) is 18.5 Å². The van der Waals surface area contributed by atoms with Crippen molar-refractivity contribution < 1.29 is 9.53 Å². The van der Waals surface area contributed by atoms with Crippen LogP contribution >= 0.6 is 0 Å². The zero-order chi connectivity index (χ0) is 18.8. The molecule has 2 N–H and O–H groups in total. The van der Waals surface area contributed by atoms with E-state index in [4.69, 9.17) is 4.74 Å². The summed E-state index contributed by atoms with van der Waals surface area (Å²) in [4.78, 5) is 13.1. The standard InChI is InChI=1S/C19H18N6O2/c1-12-16(18(26)21-14-8-10-15(27-2)11-9-14)17(13-6-4-3-5-7-13)25-19(20-12)22-23-24-25/h3-11,17H,1-2H3,(H,21,26)(H,20,22,24)/t17-/m0/s1. The van der Waals surface area contributed by atoms with Crippen molar-refractivity contribution in [3.05, 3.63) is 71.4 Å². The highest BCUT2D eigenvalue weighted by atomic mass is 16.5. The summed E-state index contributed by atoms with van der Waals surface area (Å²) < 4.78 is 6.77. The molecular formula is C19H18N6O2. The molecule has 4 rings (SSSR count). The fourth-order valence-electron chi connectivity index (χ4n) is 3.12. The Morgan fingerprint density at radius 3 is 2.59 bits per heavy atom. The molecule has 0 radical (unpaired) electrons. The maximum atomic E-state index is 13.1. The number of benzene rings is 2. The lowest BCUT2D eigenvalue weighted by Gasteiger charge is -2.28. The Kier molecular flexibility index (Phi) is 4.29. The molecule has 3 aromatic rings. The molecule has 0 spiro atoms. The summed E-state index contributed by atoms with van der Waals surface area (Å²) in [5.74, 6) is 1.01. The molecule has 1 amide bonds. The molecular weight excluding hydrogens is 344 g/mol. The van der Waals surface area contributed by atoms with Gasteiger partial charge in [-0.1, -0.05) is 35.4 Å². The number of anilines is 2. The van der Waals surface area contributed by atoms with Crippen molar-refractivity contribution in [2.24, 2.45) is 0 Å². The fourth-order valence-corrected chi connectivity index (χ4v) is 3.12. The van der Waals surface area contributed by atoms with E-state index in [-0.39, 0.29) is 5.91 Å². The highest BCUT2D eigenvalue weighted by Crippen LogP contribution is 2.34. The first kappa shape index (κ1) is 16.8. The largest absolute Gasteiger partial charge is 0.497 e. The quantitative estimate of drug-likeness (QED) is 0.741. The van der Waals surface area contributed by atoms with Crippen molar-refractivity contribution in [1.82, 2.24) is 20.2 Å². The molecule has 0 unspecified atom stereocenters. The minimum absolute atomic E-state index is 0.222. The molecule has 1 aliphatic heterocycles. The number of hydrogen-bond donors (Lipinski definition) is 2. The molecule has 136 valence electrons. The number of fused-ring (bicyclic) bond motifs is 1. The van der Waals surface area contributed by atoms with Gasteiger partial charge in [0.2, 0.25) is 5.95 Å². The minimum atomic E-state index is -0.421. The van der Waals surface area contributed by atoms with Gasteiger partial charge in [0.15, 0.2) is 0 Å². The van der Waals surface area contributed by atoms with E-state index in [9.17, 15) is 4.79 Å². The number of aromatic nitrogens is 4. The van der Waals surface area contributed by atoms with Crippen molar-refractivity contribution in [2.45, 2.75) is 13.0 Å². The predicted octanol–water partition coefficient (Wildman–Crippen LogP) is 2.61. The van der Waals surface area contributed by atoms with E-state index in [1.54, 1.807) is 36.1 Å². The number of nitrogens with zero attached hydrogens (tertiary/aromatic N) is 4. The van der Waals surface area contributed by atoms with Gasteiger partial charge in [-0.3, -0.25) is 4.79 Å². The third kappa shape index (κ3) is 3.12. The summed E-state index contributed by atoms with van der Waals surface area (Å²) in [6.45, 7) is 1.84. The zero-order valence-corrected chi connectivity index (χ0v) is 14.9. The first-order chi connectivity index (χ1) is 13.2. The number of carbonyl (C=O) groups excluding carboxylic acids is 1. The third-order valence-corrected chi connectivity index (χ3v) is 4.42. The maximum absolute atomic E-state index is 13.1. The van der Waals surface area contributed by atoms with Crippen LogP contribution < -0.4 is 15.4 Å². The first-order valence-electron chi connectivity index (χ1n) is 8.43. The maximum Gasteiger partial charge on any atom is 0.255 e. The van der Waals surface area contributed by atoms with Gasteiger partial charge < -0.3 is 15.4 Å². The van der Waals surface area contributed by atoms with Gasteiger partial charge in [0.1, 0.15) is 11.8 Å². The average Bonchev–Trinajstić information content (AvgIpc) is 3.16. The molecule has 27 heavy (non-hydrogen) atoms. The van der Waals surface area contributed by atoms with Gasteiger partial charge in [-0.15, -0.1) is 0 Å². The van der Waals surface area contributed by atoms with Crippen LogP contribution in [0.3, 0.4) is 0 Å². The zero-order valence-electron chi connectivity index (χ0n) is 14.9. The summed E-state index contributed by atoms with van der Waals surface area (Å²) in [5, 5.41) is 17.8. The van der Waals surface area contributed by atoms with Crippen molar-refractivity contribution >= 4 is 17.5 Å². The fraction of sp³-hybridized carbons (Fsp3) is 0.158. The van der Waals surface area contributed by atoms with Crippen LogP contribution in [0.25, 0.3) is 0 Å². The number of ether oxygens (including phenoxy) is 1. The molecule has 0 saturated heterocycles. The van der Waals surface area contributed by atoms with E-state index in [0.717, 1.165) is 11.3 Å². The third-order valence-electron chi connectivity index (χ3n) is 4.42. The normalized spacial score (nSPS) is 15.7. The summed E-state index contributed by atoms with van der Waals surface area (Å²) in [5.41, 5.74) is 2.86. The van der Waals surface area contributed by atoms with Gasteiger partial charge in [-0.05, 0) is 47.2 Å². The molecule has 8 nitrogen and oxygen atoms in total. The average molecular weight is 362 g/mol. The highest BCUT2D eigenvalue weighted by molar-refractivity contribution is 6.06. The lowest BCUT2D eigenvalue weighted by Crippen LogP contribution is -2.31. The topological polar surface area (TPSA) is 94.0 Å². The molecule has 0 aliphatic carbocycles. The van der Waals surface area contributed by atoms with E-state index in [0.29, 0.717) is 22.9 Å². The molecule has 1 aliphatic rings. The molecule has 8 heteroatoms. The molecule has 0 bridgehead atoms. The second-order valence-electron chi connectivity index (χ2n) is 6.11. The Balaban J connectivity index is 1.70. The molecule has 0 fully saturated rings. The van der Waals surface area contributed by atoms with Crippen LogP contribution in [-0.2, 0) is 4.79 Å². The van der Waals surface area contributed by atoms with Crippen LogP contribution in [-0.4, -0.2) is 33.2 Å². The summed E-state index contributed by atoms with van der Waals surface area (Å²) in [6.07, 6.45) is 0. The number of amides is 1. The Hall–Kier alpha value is -3.68. The number of nitrogens with one attached hydrogen (secondary N) is 2. The second-order valence-corrected chi connectivity index (χ2v) is 6.11. The molecule has 2 aromatic carbocycles. The SMILES string of the molecule is COc1ccc(NC(=O)C2=C(C)Nc3nnnn3[C@H]2c2ccccc2)cc1. The predicted molar refractivity (Wildman–Crippen MR) is 100 cm³/mol. The number of tetrazole rings is 1.